The second kappa shape index (κ2) is 6.87. The molecule has 0 radical (unpaired) electrons. The lowest BCUT2D eigenvalue weighted by Crippen LogP contribution is -2.31. The van der Waals surface area contributed by atoms with Crippen molar-refractivity contribution in [2.24, 2.45) is 5.92 Å². The fourth-order valence-corrected chi connectivity index (χ4v) is 3.25. The number of pyridine rings is 2. The van der Waals surface area contributed by atoms with E-state index in [0.717, 1.165) is 23.5 Å². The van der Waals surface area contributed by atoms with Crippen LogP contribution in [0.4, 0.5) is 0 Å². The molecule has 2 atom stereocenters. The van der Waals surface area contributed by atoms with E-state index in [4.69, 9.17) is 4.42 Å². The van der Waals surface area contributed by atoms with Gasteiger partial charge in [0.2, 0.25) is 0 Å². The minimum atomic E-state index is -0.409. The normalized spacial score (nSPS) is 18.3. The summed E-state index contributed by atoms with van der Waals surface area (Å²) in [5.74, 6) is 2.54. The molecule has 3 aromatic heterocycles. The van der Waals surface area contributed by atoms with Gasteiger partial charge >= 0.3 is 0 Å². The summed E-state index contributed by atoms with van der Waals surface area (Å²) in [7, 11) is 1.67. The van der Waals surface area contributed by atoms with Crippen molar-refractivity contribution in [3.63, 3.8) is 0 Å². The molecular formula is C21H21N3O3. The quantitative estimate of drug-likeness (QED) is 0.753. The fourth-order valence-electron chi connectivity index (χ4n) is 3.25. The first-order chi connectivity index (χ1) is 13.0. The lowest BCUT2D eigenvalue weighted by molar-refractivity contribution is 0.0773. The lowest BCUT2D eigenvalue weighted by Gasteiger charge is -2.15. The van der Waals surface area contributed by atoms with E-state index in [1.165, 1.54) is 4.90 Å². The third-order valence-corrected chi connectivity index (χ3v) is 5.03. The van der Waals surface area contributed by atoms with Crippen molar-refractivity contribution in [2.45, 2.75) is 25.8 Å². The second-order valence-corrected chi connectivity index (χ2v) is 7.14. The number of H-pyrrole nitrogens is 1. The van der Waals surface area contributed by atoms with E-state index in [-0.39, 0.29) is 11.5 Å². The van der Waals surface area contributed by atoms with Gasteiger partial charge in [-0.25, -0.2) is 0 Å². The van der Waals surface area contributed by atoms with Gasteiger partial charge in [0.1, 0.15) is 17.1 Å². The van der Waals surface area contributed by atoms with Crippen LogP contribution in [-0.4, -0.2) is 27.8 Å². The van der Waals surface area contributed by atoms with Gasteiger partial charge in [-0.1, -0.05) is 6.92 Å². The zero-order valence-corrected chi connectivity index (χ0v) is 15.3. The maximum atomic E-state index is 12.7. The zero-order valence-electron chi connectivity index (χ0n) is 15.3. The molecule has 0 aromatic carbocycles. The van der Waals surface area contributed by atoms with Crippen LogP contribution in [0.3, 0.4) is 0 Å². The highest BCUT2D eigenvalue weighted by Gasteiger charge is 2.36. The Morgan fingerprint density at radius 1 is 1.22 bits per heavy atom. The zero-order chi connectivity index (χ0) is 19.0. The van der Waals surface area contributed by atoms with Crippen LogP contribution in [0.5, 0.6) is 0 Å². The number of carbonyl (C=O) groups is 1. The van der Waals surface area contributed by atoms with Gasteiger partial charge in [0.05, 0.1) is 6.54 Å². The summed E-state index contributed by atoms with van der Waals surface area (Å²) in [5.41, 5.74) is 1.19. The van der Waals surface area contributed by atoms with Crippen molar-refractivity contribution in [2.75, 3.05) is 7.05 Å². The molecule has 1 saturated carbocycles. The number of aromatic amines is 1. The highest BCUT2D eigenvalue weighted by atomic mass is 16.3. The van der Waals surface area contributed by atoms with Crippen LogP contribution in [0.2, 0.25) is 0 Å². The van der Waals surface area contributed by atoms with Crippen LogP contribution < -0.4 is 5.56 Å². The molecule has 0 unspecified atom stereocenters. The number of hydrogen-bond donors (Lipinski definition) is 1. The molecule has 4 rings (SSSR count). The van der Waals surface area contributed by atoms with Crippen molar-refractivity contribution in [3.8, 4) is 11.3 Å². The average molecular weight is 363 g/mol. The first-order valence-electron chi connectivity index (χ1n) is 9.00. The number of nitrogens with one attached hydrogen (secondary N) is 1. The van der Waals surface area contributed by atoms with Crippen LogP contribution >= 0.6 is 0 Å². The van der Waals surface area contributed by atoms with Crippen molar-refractivity contribution in [1.82, 2.24) is 14.9 Å². The highest BCUT2D eigenvalue weighted by Crippen LogP contribution is 2.47. The Labute approximate surface area is 156 Å². The van der Waals surface area contributed by atoms with E-state index in [1.54, 1.807) is 43.7 Å². The molecule has 0 saturated heterocycles. The van der Waals surface area contributed by atoms with Gasteiger partial charge in [-0.15, -0.1) is 0 Å². The summed E-state index contributed by atoms with van der Waals surface area (Å²) < 4.78 is 5.86. The van der Waals surface area contributed by atoms with E-state index in [2.05, 4.69) is 16.9 Å². The molecule has 1 aliphatic rings. The van der Waals surface area contributed by atoms with Crippen LogP contribution in [-0.2, 0) is 6.54 Å². The molecule has 1 aliphatic carbocycles. The monoisotopic (exact) mass is 363 g/mol. The molecule has 0 bridgehead atoms. The minimum Gasteiger partial charge on any atom is -0.464 e. The molecule has 3 heterocycles. The number of furan rings is 1. The Balaban J connectivity index is 1.48. The van der Waals surface area contributed by atoms with Gasteiger partial charge in [-0.05, 0) is 48.7 Å². The maximum absolute atomic E-state index is 12.7. The Hall–Kier alpha value is -3.15. The SMILES string of the molecule is C[C@@H]1C[C@@H]1c1ccc(CN(C)C(=O)c2ccc(-c3ccncc3)[nH]c2=O)o1. The molecule has 6 nitrogen and oxygen atoms in total. The number of hydrogen-bond acceptors (Lipinski definition) is 4. The molecule has 1 N–H and O–H groups in total. The molecule has 3 aromatic rings. The van der Waals surface area contributed by atoms with Crippen LogP contribution in [0.15, 0.2) is 58.0 Å². The smallest absolute Gasteiger partial charge is 0.261 e. The summed E-state index contributed by atoms with van der Waals surface area (Å²) in [4.78, 5) is 33.3. The number of nitrogens with zero attached hydrogens (tertiary/aromatic N) is 2. The van der Waals surface area contributed by atoms with E-state index in [9.17, 15) is 9.59 Å². The van der Waals surface area contributed by atoms with Gasteiger partial charge in [0, 0.05) is 36.6 Å². The molecule has 6 heteroatoms. The van der Waals surface area contributed by atoms with E-state index in [1.807, 2.05) is 12.1 Å². The Morgan fingerprint density at radius 3 is 2.63 bits per heavy atom. The number of amides is 1. The van der Waals surface area contributed by atoms with E-state index < -0.39 is 5.56 Å². The molecule has 0 aliphatic heterocycles. The van der Waals surface area contributed by atoms with Gasteiger partial charge < -0.3 is 14.3 Å². The molecule has 1 amide bonds. The average Bonchev–Trinajstić information content (AvgIpc) is 3.23. The predicted molar refractivity (Wildman–Crippen MR) is 101 cm³/mol. The molecule has 0 spiro atoms. The van der Waals surface area contributed by atoms with Crippen LogP contribution in [0.1, 0.15) is 41.1 Å². The molecule has 27 heavy (non-hydrogen) atoms. The molecule has 138 valence electrons. The second-order valence-electron chi connectivity index (χ2n) is 7.14. The Morgan fingerprint density at radius 2 is 1.96 bits per heavy atom. The third kappa shape index (κ3) is 3.56. The summed E-state index contributed by atoms with van der Waals surface area (Å²) in [5, 5.41) is 0. The third-order valence-electron chi connectivity index (χ3n) is 5.03. The van der Waals surface area contributed by atoms with Gasteiger partial charge in [0.15, 0.2) is 0 Å². The largest absolute Gasteiger partial charge is 0.464 e. The Kier molecular flexibility index (Phi) is 4.39. The summed E-state index contributed by atoms with van der Waals surface area (Å²) in [6.45, 7) is 2.52. The minimum absolute atomic E-state index is 0.109. The number of aromatic nitrogens is 2. The van der Waals surface area contributed by atoms with Crippen LogP contribution in [0.25, 0.3) is 11.3 Å². The molecule has 1 fully saturated rings. The topological polar surface area (TPSA) is 79.2 Å². The van der Waals surface area contributed by atoms with Gasteiger partial charge in [-0.2, -0.15) is 0 Å². The summed E-state index contributed by atoms with van der Waals surface area (Å²) >= 11 is 0. The number of carbonyl (C=O) groups excluding carboxylic acids is 1. The molecular weight excluding hydrogens is 342 g/mol. The standard InChI is InChI=1S/C21H21N3O3/c1-13-11-17(13)19-6-3-15(27-19)12-24(2)21(26)16-4-5-18(23-20(16)25)14-7-9-22-10-8-14/h3-10,13,17H,11-12H2,1-2H3,(H,23,25)/t13-,17+/m1/s1. The van der Waals surface area contributed by atoms with Crippen LogP contribution in [0, 0.1) is 5.92 Å². The van der Waals surface area contributed by atoms with E-state index in [0.29, 0.717) is 24.1 Å². The Bertz CT molecular complexity index is 1020. The van der Waals surface area contributed by atoms with Gasteiger partial charge in [0.25, 0.3) is 11.5 Å². The van der Waals surface area contributed by atoms with Gasteiger partial charge in [-0.3, -0.25) is 14.6 Å². The first kappa shape index (κ1) is 17.3. The lowest BCUT2D eigenvalue weighted by atomic mass is 10.1. The predicted octanol–water partition coefficient (Wildman–Crippen LogP) is 3.43. The fraction of sp³-hybridized carbons (Fsp3) is 0.286. The van der Waals surface area contributed by atoms with Crippen molar-refractivity contribution in [3.05, 3.63) is 76.2 Å². The maximum Gasteiger partial charge on any atom is 0.261 e. The highest BCUT2D eigenvalue weighted by molar-refractivity contribution is 5.93. The van der Waals surface area contributed by atoms with E-state index >= 15 is 0 Å². The first-order valence-corrected chi connectivity index (χ1v) is 9.00. The summed E-state index contributed by atoms with van der Waals surface area (Å²) in [6.07, 6.45) is 4.46. The number of rotatable bonds is 5. The van der Waals surface area contributed by atoms with Crippen molar-refractivity contribution >= 4 is 5.91 Å². The van der Waals surface area contributed by atoms with Crippen molar-refractivity contribution in [1.29, 1.82) is 0 Å². The van der Waals surface area contributed by atoms with Crippen molar-refractivity contribution < 1.29 is 9.21 Å². The summed E-state index contributed by atoms with van der Waals surface area (Å²) in [6, 6.07) is 10.8.